The molecule has 0 radical (unpaired) electrons. The summed E-state index contributed by atoms with van der Waals surface area (Å²) in [6.45, 7) is 5.23. The molecule has 1 heterocycles. The van der Waals surface area contributed by atoms with Crippen LogP contribution in [0.5, 0.6) is 0 Å². The van der Waals surface area contributed by atoms with E-state index in [2.05, 4.69) is 10.4 Å². The first kappa shape index (κ1) is 17.6. The maximum Gasteiger partial charge on any atom is 0.268 e. The van der Waals surface area contributed by atoms with Crippen molar-refractivity contribution in [2.75, 3.05) is 52.5 Å². The van der Waals surface area contributed by atoms with Gasteiger partial charge in [-0.2, -0.15) is 5.10 Å². The van der Waals surface area contributed by atoms with Gasteiger partial charge in [-0.15, -0.1) is 0 Å². The van der Waals surface area contributed by atoms with Gasteiger partial charge in [0, 0.05) is 46.5 Å². The molecule has 120 valence electrons. The fraction of sp³-hybridized carbons (Fsp3) is 0.714. The third-order valence-corrected chi connectivity index (χ3v) is 3.16. The molecule has 0 aliphatic rings. The fourth-order valence-electron chi connectivity index (χ4n) is 1.88. The van der Waals surface area contributed by atoms with Gasteiger partial charge in [-0.3, -0.25) is 4.79 Å². The van der Waals surface area contributed by atoms with Crippen LogP contribution in [0.25, 0.3) is 0 Å². The third-order valence-electron chi connectivity index (χ3n) is 3.16. The van der Waals surface area contributed by atoms with Gasteiger partial charge >= 0.3 is 0 Å². The van der Waals surface area contributed by atoms with Crippen molar-refractivity contribution in [3.8, 4) is 0 Å². The molecule has 0 aliphatic carbocycles. The number of hydrogen-bond donors (Lipinski definition) is 1. The average Bonchev–Trinajstić information content (AvgIpc) is 2.46. The van der Waals surface area contributed by atoms with Gasteiger partial charge < -0.3 is 19.7 Å². The summed E-state index contributed by atoms with van der Waals surface area (Å²) >= 11 is 0. The van der Waals surface area contributed by atoms with E-state index in [1.807, 2.05) is 18.9 Å². The van der Waals surface area contributed by atoms with Crippen molar-refractivity contribution in [3.05, 3.63) is 22.6 Å². The van der Waals surface area contributed by atoms with Crippen LogP contribution in [-0.2, 0) is 16.0 Å². The molecule has 0 saturated heterocycles. The van der Waals surface area contributed by atoms with Crippen molar-refractivity contribution in [2.45, 2.75) is 19.5 Å². The summed E-state index contributed by atoms with van der Waals surface area (Å²) in [4.78, 5) is 14.0. The second-order valence-corrected chi connectivity index (χ2v) is 5.00. The molecule has 0 fully saturated rings. The summed E-state index contributed by atoms with van der Waals surface area (Å²) in [5.74, 6) is 0. The Balaban J connectivity index is 2.52. The van der Waals surface area contributed by atoms with Crippen molar-refractivity contribution >= 4 is 5.69 Å². The van der Waals surface area contributed by atoms with E-state index in [1.165, 1.54) is 4.68 Å². The molecule has 1 atom stereocenters. The molecule has 21 heavy (non-hydrogen) atoms. The molecule has 1 aromatic heterocycles. The molecule has 0 aromatic carbocycles. The first-order valence-corrected chi connectivity index (χ1v) is 7.08. The Morgan fingerprint density at radius 2 is 2.19 bits per heavy atom. The van der Waals surface area contributed by atoms with Crippen molar-refractivity contribution < 1.29 is 9.47 Å². The summed E-state index contributed by atoms with van der Waals surface area (Å²) in [7, 11) is 5.23. The second-order valence-electron chi connectivity index (χ2n) is 5.00. The van der Waals surface area contributed by atoms with Gasteiger partial charge in [-0.05, 0) is 6.92 Å². The highest BCUT2D eigenvalue weighted by molar-refractivity contribution is 5.41. The summed E-state index contributed by atoms with van der Waals surface area (Å²) in [5.41, 5.74) is 0.701. The van der Waals surface area contributed by atoms with E-state index in [1.54, 1.807) is 26.5 Å². The zero-order valence-corrected chi connectivity index (χ0v) is 13.3. The summed E-state index contributed by atoms with van der Waals surface area (Å²) in [6, 6.07) is 1.85. The highest BCUT2D eigenvalue weighted by Crippen LogP contribution is 2.05. The van der Waals surface area contributed by atoms with Crippen molar-refractivity contribution in [1.29, 1.82) is 0 Å². The zero-order valence-electron chi connectivity index (χ0n) is 13.3. The van der Waals surface area contributed by atoms with E-state index in [0.717, 1.165) is 12.2 Å². The van der Waals surface area contributed by atoms with Crippen molar-refractivity contribution in [1.82, 2.24) is 15.1 Å². The molecule has 1 N–H and O–H groups in total. The van der Waals surface area contributed by atoms with Gasteiger partial charge in [-0.25, -0.2) is 4.68 Å². The van der Waals surface area contributed by atoms with Crippen LogP contribution in [-0.4, -0.2) is 63.4 Å². The molecule has 0 saturated carbocycles. The van der Waals surface area contributed by atoms with Gasteiger partial charge in [0.1, 0.15) is 0 Å². The molecule has 7 heteroatoms. The van der Waals surface area contributed by atoms with Crippen LogP contribution in [0.2, 0.25) is 0 Å². The van der Waals surface area contributed by atoms with Crippen LogP contribution in [0.3, 0.4) is 0 Å². The number of likely N-dealkylation sites (N-methyl/N-ethyl adjacent to an activating group) is 1. The van der Waals surface area contributed by atoms with E-state index in [4.69, 9.17) is 9.47 Å². The largest absolute Gasteiger partial charge is 0.383 e. The number of nitrogens with one attached hydrogen (secondary N) is 1. The molecule has 1 aromatic rings. The lowest BCUT2D eigenvalue weighted by Gasteiger charge is -2.18. The second kappa shape index (κ2) is 9.49. The monoisotopic (exact) mass is 298 g/mol. The van der Waals surface area contributed by atoms with Crippen LogP contribution >= 0.6 is 0 Å². The smallest absolute Gasteiger partial charge is 0.268 e. The Hall–Kier alpha value is -1.44. The number of nitrogens with zero attached hydrogens (tertiary/aromatic N) is 3. The number of anilines is 1. The van der Waals surface area contributed by atoms with E-state index in [9.17, 15) is 4.79 Å². The third kappa shape index (κ3) is 6.24. The van der Waals surface area contributed by atoms with Crippen molar-refractivity contribution in [3.63, 3.8) is 0 Å². The summed E-state index contributed by atoms with van der Waals surface area (Å²) < 4.78 is 11.5. The standard InChI is InChI=1S/C14H26N4O3/c1-12(11-21-4)15-5-6-18-14(19)9-13(10-16-18)17(2)7-8-20-3/h9-10,12,15H,5-8,11H2,1-4H3. The summed E-state index contributed by atoms with van der Waals surface area (Å²) in [5, 5.41) is 7.47. The van der Waals surface area contributed by atoms with Gasteiger partial charge in [-0.1, -0.05) is 0 Å². The Kier molecular flexibility index (Phi) is 7.96. The number of hydrogen-bond acceptors (Lipinski definition) is 6. The van der Waals surface area contributed by atoms with Crippen LogP contribution in [0.1, 0.15) is 6.92 Å². The Labute approximate surface area is 125 Å². The van der Waals surface area contributed by atoms with Crippen LogP contribution in [0.4, 0.5) is 5.69 Å². The van der Waals surface area contributed by atoms with Crippen LogP contribution in [0, 0.1) is 0 Å². The average molecular weight is 298 g/mol. The minimum atomic E-state index is -0.0991. The molecule has 0 amide bonds. The molecular weight excluding hydrogens is 272 g/mol. The van der Waals surface area contributed by atoms with Crippen LogP contribution < -0.4 is 15.8 Å². The normalized spacial score (nSPS) is 12.4. The Bertz CT molecular complexity index is 464. The zero-order chi connectivity index (χ0) is 15.7. The molecule has 0 aliphatic heterocycles. The number of rotatable bonds is 10. The Morgan fingerprint density at radius 3 is 2.81 bits per heavy atom. The number of aromatic nitrogens is 2. The maximum absolute atomic E-state index is 12.0. The molecular formula is C14H26N4O3. The lowest BCUT2D eigenvalue weighted by Crippen LogP contribution is -2.35. The SMILES string of the molecule is COCCN(C)c1cnn(CCNC(C)COC)c(=O)c1. The van der Waals surface area contributed by atoms with Crippen molar-refractivity contribution in [2.24, 2.45) is 0 Å². The Morgan fingerprint density at radius 1 is 1.43 bits per heavy atom. The highest BCUT2D eigenvalue weighted by atomic mass is 16.5. The topological polar surface area (TPSA) is 68.6 Å². The van der Waals surface area contributed by atoms with E-state index in [0.29, 0.717) is 26.3 Å². The lowest BCUT2D eigenvalue weighted by atomic mass is 10.3. The summed E-state index contributed by atoms with van der Waals surface area (Å²) in [6.07, 6.45) is 1.70. The fourth-order valence-corrected chi connectivity index (χ4v) is 1.88. The predicted octanol–water partition coefficient (Wildman–Crippen LogP) is -0.0496. The minimum absolute atomic E-state index is 0.0991. The molecule has 0 spiro atoms. The van der Waals surface area contributed by atoms with Gasteiger partial charge in [0.25, 0.3) is 5.56 Å². The van der Waals surface area contributed by atoms with E-state index < -0.39 is 0 Å². The first-order chi connectivity index (χ1) is 10.1. The van der Waals surface area contributed by atoms with Gasteiger partial charge in [0.15, 0.2) is 0 Å². The number of ether oxygens (including phenoxy) is 2. The minimum Gasteiger partial charge on any atom is -0.383 e. The quantitative estimate of drug-likeness (QED) is 0.653. The first-order valence-electron chi connectivity index (χ1n) is 7.08. The molecule has 7 nitrogen and oxygen atoms in total. The predicted molar refractivity (Wildman–Crippen MR) is 83.0 cm³/mol. The van der Waals surface area contributed by atoms with Crippen LogP contribution in [0.15, 0.2) is 17.1 Å². The van der Waals surface area contributed by atoms with E-state index in [-0.39, 0.29) is 11.6 Å². The maximum atomic E-state index is 12.0. The lowest BCUT2D eigenvalue weighted by molar-refractivity contribution is 0.171. The van der Waals surface area contributed by atoms with Gasteiger partial charge in [0.05, 0.1) is 31.6 Å². The molecule has 1 unspecified atom stereocenters. The number of methoxy groups -OCH3 is 2. The van der Waals surface area contributed by atoms with Gasteiger partial charge in [0.2, 0.25) is 0 Å². The van der Waals surface area contributed by atoms with E-state index >= 15 is 0 Å². The molecule has 0 bridgehead atoms. The highest BCUT2D eigenvalue weighted by Gasteiger charge is 2.05. The molecule has 1 rings (SSSR count).